The third-order valence-corrected chi connectivity index (χ3v) is 1.88. The second-order valence-corrected chi connectivity index (χ2v) is 2.87. The van der Waals surface area contributed by atoms with Gasteiger partial charge in [0.25, 0.3) is 6.43 Å². The van der Waals surface area contributed by atoms with Gasteiger partial charge in [0.15, 0.2) is 5.43 Å². The van der Waals surface area contributed by atoms with Crippen LogP contribution in [0.15, 0.2) is 11.0 Å². The molecule has 0 aliphatic rings. The average molecular weight is 227 g/mol. The van der Waals surface area contributed by atoms with E-state index in [1.165, 1.54) is 0 Å². The average Bonchev–Trinajstić information content (AvgIpc) is 2.06. The maximum absolute atomic E-state index is 12.2. The zero-order valence-corrected chi connectivity index (χ0v) is 7.45. The van der Waals surface area contributed by atoms with Crippen molar-refractivity contribution < 1.29 is 22.0 Å². The van der Waals surface area contributed by atoms with Crippen molar-refractivity contribution >= 4 is 0 Å². The van der Waals surface area contributed by atoms with Gasteiger partial charge in [-0.15, -0.1) is 0 Å². The molecule has 1 aromatic heterocycles. The Morgan fingerprint density at radius 1 is 1.33 bits per heavy atom. The molecule has 1 aromatic rings. The van der Waals surface area contributed by atoms with Crippen LogP contribution < -0.4 is 5.43 Å². The molecule has 0 saturated heterocycles. The molecule has 1 N–H and O–H groups in total. The van der Waals surface area contributed by atoms with Crippen LogP contribution in [0.4, 0.5) is 22.0 Å². The SMILES string of the molecule is Cc1c(C(F)F)[nH]cc(C(F)(F)F)c1=O. The van der Waals surface area contributed by atoms with Gasteiger partial charge in [-0.3, -0.25) is 4.79 Å². The second-order valence-electron chi connectivity index (χ2n) is 2.87. The summed E-state index contributed by atoms with van der Waals surface area (Å²) in [6.07, 6.45) is -7.57. The lowest BCUT2D eigenvalue weighted by Gasteiger charge is -2.09. The van der Waals surface area contributed by atoms with Gasteiger partial charge >= 0.3 is 6.18 Å². The van der Waals surface area contributed by atoms with Crippen LogP contribution in [0.1, 0.15) is 23.2 Å². The summed E-state index contributed by atoms with van der Waals surface area (Å²) >= 11 is 0. The molecule has 0 amide bonds. The third-order valence-electron chi connectivity index (χ3n) is 1.88. The Hall–Kier alpha value is -1.40. The molecule has 0 aliphatic heterocycles. The second kappa shape index (κ2) is 3.63. The minimum atomic E-state index is -4.83. The summed E-state index contributed by atoms with van der Waals surface area (Å²) in [6, 6.07) is 0. The normalized spacial score (nSPS) is 12.2. The van der Waals surface area contributed by atoms with Crippen LogP contribution in [-0.4, -0.2) is 4.98 Å². The lowest BCUT2D eigenvalue weighted by Crippen LogP contribution is -2.23. The van der Waals surface area contributed by atoms with Crippen molar-refractivity contribution in [3.63, 3.8) is 0 Å². The number of alkyl halides is 5. The first kappa shape index (κ1) is 11.7. The predicted molar refractivity (Wildman–Crippen MR) is 41.8 cm³/mol. The van der Waals surface area contributed by atoms with Gasteiger partial charge in [0, 0.05) is 11.8 Å². The van der Waals surface area contributed by atoms with E-state index in [-0.39, 0.29) is 6.20 Å². The van der Waals surface area contributed by atoms with E-state index in [0.29, 0.717) is 0 Å². The number of rotatable bonds is 1. The minimum absolute atomic E-state index is 0.261. The molecule has 0 unspecified atom stereocenters. The first-order valence-corrected chi connectivity index (χ1v) is 3.82. The molecule has 0 atom stereocenters. The molecule has 0 aliphatic carbocycles. The summed E-state index contributed by atoms with van der Waals surface area (Å²) in [4.78, 5) is 12.8. The number of hydrogen-bond acceptors (Lipinski definition) is 1. The summed E-state index contributed by atoms with van der Waals surface area (Å²) in [6.45, 7) is 0.926. The lowest BCUT2D eigenvalue weighted by molar-refractivity contribution is -0.138. The Kier molecular flexibility index (Phi) is 2.83. The van der Waals surface area contributed by atoms with Crippen molar-refractivity contribution in [1.82, 2.24) is 4.98 Å². The Labute approximate surface area is 80.7 Å². The summed E-state index contributed by atoms with van der Waals surface area (Å²) in [5, 5.41) is 0. The molecule has 84 valence electrons. The van der Waals surface area contributed by atoms with Gasteiger partial charge in [-0.2, -0.15) is 13.2 Å². The van der Waals surface area contributed by atoms with Gasteiger partial charge in [0.2, 0.25) is 0 Å². The highest BCUT2D eigenvalue weighted by Crippen LogP contribution is 2.27. The van der Waals surface area contributed by atoms with Crippen LogP contribution in [0.2, 0.25) is 0 Å². The first-order valence-electron chi connectivity index (χ1n) is 3.82. The smallest absolute Gasteiger partial charge is 0.359 e. The summed E-state index contributed by atoms with van der Waals surface area (Å²) < 4.78 is 60.8. The van der Waals surface area contributed by atoms with Gasteiger partial charge in [-0.05, 0) is 6.92 Å². The van der Waals surface area contributed by atoms with E-state index in [1.54, 1.807) is 4.98 Å². The van der Waals surface area contributed by atoms with E-state index in [9.17, 15) is 26.7 Å². The summed E-state index contributed by atoms with van der Waals surface area (Å²) in [5.41, 5.74) is -4.28. The van der Waals surface area contributed by atoms with Gasteiger partial charge in [-0.1, -0.05) is 0 Å². The molecular formula is C8H6F5NO. The van der Waals surface area contributed by atoms with Crippen LogP contribution in [0.5, 0.6) is 0 Å². The van der Waals surface area contributed by atoms with E-state index in [2.05, 4.69) is 0 Å². The third kappa shape index (κ3) is 2.16. The molecule has 1 rings (SSSR count). The zero-order chi connectivity index (χ0) is 11.8. The maximum atomic E-state index is 12.2. The Balaban J connectivity index is 3.42. The highest BCUT2D eigenvalue weighted by molar-refractivity contribution is 5.26. The van der Waals surface area contributed by atoms with Crippen molar-refractivity contribution in [3.8, 4) is 0 Å². The topological polar surface area (TPSA) is 32.9 Å². The molecule has 1 heterocycles. The van der Waals surface area contributed by atoms with Crippen LogP contribution in [0.3, 0.4) is 0 Å². The van der Waals surface area contributed by atoms with E-state index in [0.717, 1.165) is 6.92 Å². The fraction of sp³-hybridized carbons (Fsp3) is 0.375. The van der Waals surface area contributed by atoms with Gasteiger partial charge in [0.05, 0.1) is 5.69 Å². The first-order chi connectivity index (χ1) is 6.75. The molecule has 2 nitrogen and oxygen atoms in total. The molecule has 0 radical (unpaired) electrons. The van der Waals surface area contributed by atoms with Crippen molar-refractivity contribution in [1.29, 1.82) is 0 Å². The number of pyridine rings is 1. The van der Waals surface area contributed by atoms with E-state index < -0.39 is 34.9 Å². The zero-order valence-electron chi connectivity index (χ0n) is 7.45. The number of nitrogens with one attached hydrogen (secondary N) is 1. The molecule has 0 fully saturated rings. The fourth-order valence-electron chi connectivity index (χ4n) is 1.09. The predicted octanol–water partition coefficient (Wildman–Crippen LogP) is 2.64. The van der Waals surface area contributed by atoms with Crippen molar-refractivity contribution in [2.75, 3.05) is 0 Å². The Morgan fingerprint density at radius 3 is 2.27 bits per heavy atom. The standard InChI is InChI=1S/C8H6F5NO/c1-3-5(7(9)10)14-2-4(6(3)15)8(11,12)13/h2,7H,1H3,(H,14,15). The summed E-state index contributed by atoms with van der Waals surface area (Å²) in [5.74, 6) is 0. The molecule has 0 bridgehead atoms. The number of hydrogen-bond donors (Lipinski definition) is 1. The number of aromatic nitrogens is 1. The van der Waals surface area contributed by atoms with Crippen molar-refractivity contribution in [2.45, 2.75) is 19.5 Å². The fourth-order valence-corrected chi connectivity index (χ4v) is 1.09. The van der Waals surface area contributed by atoms with E-state index >= 15 is 0 Å². The van der Waals surface area contributed by atoms with Gasteiger partial charge in [0.1, 0.15) is 5.56 Å². The molecule has 0 spiro atoms. The van der Waals surface area contributed by atoms with E-state index in [4.69, 9.17) is 0 Å². The van der Waals surface area contributed by atoms with Crippen LogP contribution in [0.25, 0.3) is 0 Å². The number of H-pyrrole nitrogens is 1. The molecule has 15 heavy (non-hydrogen) atoms. The number of halogens is 5. The molecule has 7 heteroatoms. The molecule has 0 saturated carbocycles. The maximum Gasteiger partial charge on any atom is 0.421 e. The minimum Gasteiger partial charge on any atom is -0.359 e. The van der Waals surface area contributed by atoms with Crippen LogP contribution in [0, 0.1) is 6.92 Å². The van der Waals surface area contributed by atoms with Crippen molar-refractivity contribution in [3.05, 3.63) is 33.2 Å². The highest BCUT2D eigenvalue weighted by Gasteiger charge is 2.35. The van der Waals surface area contributed by atoms with Crippen LogP contribution in [-0.2, 0) is 6.18 Å². The Bertz CT molecular complexity index is 420. The van der Waals surface area contributed by atoms with Crippen molar-refractivity contribution in [2.24, 2.45) is 0 Å². The molecular weight excluding hydrogens is 221 g/mol. The Morgan fingerprint density at radius 2 is 1.87 bits per heavy atom. The van der Waals surface area contributed by atoms with Gasteiger partial charge < -0.3 is 4.98 Å². The lowest BCUT2D eigenvalue weighted by atomic mass is 10.1. The highest BCUT2D eigenvalue weighted by atomic mass is 19.4. The largest absolute Gasteiger partial charge is 0.421 e. The monoisotopic (exact) mass is 227 g/mol. The number of aromatic amines is 1. The van der Waals surface area contributed by atoms with E-state index in [1.807, 2.05) is 0 Å². The quantitative estimate of drug-likeness (QED) is 0.735. The summed E-state index contributed by atoms with van der Waals surface area (Å²) in [7, 11) is 0. The molecule has 0 aromatic carbocycles. The van der Waals surface area contributed by atoms with Crippen LogP contribution >= 0.6 is 0 Å². The van der Waals surface area contributed by atoms with Gasteiger partial charge in [-0.25, -0.2) is 8.78 Å².